The molecule has 0 aromatic rings. The topological polar surface area (TPSA) is 35.2 Å². The summed E-state index contributed by atoms with van der Waals surface area (Å²) in [7, 11) is 0. The normalized spacial score (nSPS) is 34.2. The van der Waals surface area contributed by atoms with Crippen molar-refractivity contribution in [3.05, 3.63) is 0 Å². The Balaban J connectivity index is 1.79. The van der Waals surface area contributed by atoms with Gasteiger partial charge in [-0.2, -0.15) is 0 Å². The summed E-state index contributed by atoms with van der Waals surface area (Å²) < 4.78 is 5.42. The van der Waals surface area contributed by atoms with E-state index in [1.54, 1.807) is 0 Å². The van der Waals surface area contributed by atoms with Gasteiger partial charge in [0.2, 0.25) is 0 Å². The predicted octanol–water partition coefficient (Wildman–Crippen LogP) is 2.57. The summed E-state index contributed by atoms with van der Waals surface area (Å²) in [5.74, 6) is 2.67. The van der Waals surface area contributed by atoms with E-state index >= 15 is 0 Å². The Bertz CT molecular complexity index is 177. The lowest BCUT2D eigenvalue weighted by atomic mass is 9.74. The Morgan fingerprint density at radius 2 is 1.60 bits per heavy atom. The molecule has 0 spiro atoms. The average molecular weight is 211 g/mol. The molecule has 2 N–H and O–H groups in total. The molecule has 88 valence electrons. The Hall–Kier alpha value is -0.0800. The van der Waals surface area contributed by atoms with Crippen molar-refractivity contribution in [1.29, 1.82) is 0 Å². The van der Waals surface area contributed by atoms with Crippen molar-refractivity contribution in [1.82, 2.24) is 0 Å². The SMILES string of the molecule is NCC1CCCCC1CC1CCOCC1. The monoisotopic (exact) mass is 211 g/mol. The van der Waals surface area contributed by atoms with Gasteiger partial charge in [0.15, 0.2) is 0 Å². The molecule has 1 saturated heterocycles. The van der Waals surface area contributed by atoms with Crippen LogP contribution in [0.15, 0.2) is 0 Å². The van der Waals surface area contributed by atoms with E-state index in [1.165, 1.54) is 44.9 Å². The Morgan fingerprint density at radius 1 is 0.933 bits per heavy atom. The number of nitrogens with two attached hydrogens (primary N) is 1. The predicted molar refractivity (Wildman–Crippen MR) is 62.7 cm³/mol. The summed E-state index contributed by atoms with van der Waals surface area (Å²) >= 11 is 0. The fraction of sp³-hybridized carbons (Fsp3) is 1.00. The van der Waals surface area contributed by atoms with Gasteiger partial charge in [0.1, 0.15) is 0 Å². The van der Waals surface area contributed by atoms with E-state index in [2.05, 4.69) is 0 Å². The molecule has 0 aromatic heterocycles. The van der Waals surface area contributed by atoms with Crippen LogP contribution in [-0.4, -0.2) is 19.8 Å². The molecule has 1 saturated carbocycles. The zero-order valence-electron chi connectivity index (χ0n) is 9.79. The Labute approximate surface area is 93.6 Å². The first-order valence-corrected chi connectivity index (χ1v) is 6.68. The first-order valence-electron chi connectivity index (χ1n) is 6.68. The van der Waals surface area contributed by atoms with Gasteiger partial charge in [0.25, 0.3) is 0 Å². The zero-order chi connectivity index (χ0) is 10.5. The summed E-state index contributed by atoms with van der Waals surface area (Å²) in [6.45, 7) is 2.89. The van der Waals surface area contributed by atoms with Crippen molar-refractivity contribution in [2.24, 2.45) is 23.5 Å². The summed E-state index contributed by atoms with van der Waals surface area (Å²) in [4.78, 5) is 0. The molecule has 2 nitrogen and oxygen atoms in total. The van der Waals surface area contributed by atoms with Crippen LogP contribution >= 0.6 is 0 Å². The van der Waals surface area contributed by atoms with Gasteiger partial charge < -0.3 is 10.5 Å². The minimum absolute atomic E-state index is 0.821. The number of hydrogen-bond donors (Lipinski definition) is 1. The van der Waals surface area contributed by atoms with Crippen molar-refractivity contribution in [3.63, 3.8) is 0 Å². The van der Waals surface area contributed by atoms with Crippen LogP contribution in [-0.2, 0) is 4.74 Å². The molecular weight excluding hydrogens is 186 g/mol. The molecule has 2 aliphatic rings. The average Bonchev–Trinajstić information content (AvgIpc) is 2.31. The quantitative estimate of drug-likeness (QED) is 0.778. The van der Waals surface area contributed by atoms with Crippen LogP contribution in [0.1, 0.15) is 44.9 Å². The van der Waals surface area contributed by atoms with Crippen LogP contribution in [0.3, 0.4) is 0 Å². The fourth-order valence-electron chi connectivity index (χ4n) is 3.32. The van der Waals surface area contributed by atoms with Crippen molar-refractivity contribution < 1.29 is 4.74 Å². The molecule has 2 rings (SSSR count). The molecule has 2 unspecified atom stereocenters. The summed E-state index contributed by atoms with van der Waals surface area (Å²) in [5, 5.41) is 0. The van der Waals surface area contributed by atoms with Gasteiger partial charge in [-0.05, 0) is 50.0 Å². The molecule has 15 heavy (non-hydrogen) atoms. The molecule has 1 heterocycles. The molecule has 1 aliphatic carbocycles. The fourth-order valence-corrected chi connectivity index (χ4v) is 3.32. The summed E-state index contributed by atoms with van der Waals surface area (Å²) in [6.07, 6.45) is 9.65. The van der Waals surface area contributed by atoms with E-state index in [9.17, 15) is 0 Å². The third kappa shape index (κ3) is 3.18. The van der Waals surface area contributed by atoms with E-state index < -0.39 is 0 Å². The van der Waals surface area contributed by atoms with E-state index in [4.69, 9.17) is 10.5 Å². The standard InChI is InChI=1S/C13H25NO/c14-10-13-4-2-1-3-12(13)9-11-5-7-15-8-6-11/h11-13H,1-10,14H2. The number of ether oxygens (including phenoxy) is 1. The van der Waals surface area contributed by atoms with Gasteiger partial charge in [-0.25, -0.2) is 0 Å². The number of rotatable bonds is 3. The summed E-state index contributed by atoms with van der Waals surface area (Å²) in [6, 6.07) is 0. The van der Waals surface area contributed by atoms with Crippen molar-refractivity contribution in [3.8, 4) is 0 Å². The van der Waals surface area contributed by atoms with E-state index in [-0.39, 0.29) is 0 Å². The lowest BCUT2D eigenvalue weighted by Gasteiger charge is -2.34. The highest BCUT2D eigenvalue weighted by atomic mass is 16.5. The minimum Gasteiger partial charge on any atom is -0.381 e. The van der Waals surface area contributed by atoms with Gasteiger partial charge in [0, 0.05) is 13.2 Å². The highest BCUT2D eigenvalue weighted by Gasteiger charge is 2.27. The van der Waals surface area contributed by atoms with Crippen LogP contribution in [0.4, 0.5) is 0 Å². The van der Waals surface area contributed by atoms with E-state index in [0.717, 1.165) is 37.5 Å². The summed E-state index contributed by atoms with van der Waals surface area (Å²) in [5.41, 5.74) is 5.87. The lowest BCUT2D eigenvalue weighted by molar-refractivity contribution is 0.0511. The maximum absolute atomic E-state index is 5.87. The van der Waals surface area contributed by atoms with E-state index in [1.807, 2.05) is 0 Å². The molecule has 0 radical (unpaired) electrons. The molecule has 0 bridgehead atoms. The van der Waals surface area contributed by atoms with Crippen LogP contribution in [0.2, 0.25) is 0 Å². The second-order valence-electron chi connectivity index (χ2n) is 5.33. The van der Waals surface area contributed by atoms with Crippen molar-refractivity contribution in [2.75, 3.05) is 19.8 Å². The highest BCUT2D eigenvalue weighted by Crippen LogP contribution is 2.36. The molecule has 2 fully saturated rings. The maximum atomic E-state index is 5.87. The van der Waals surface area contributed by atoms with E-state index in [0.29, 0.717) is 0 Å². The Kier molecular flexibility index (Phi) is 4.45. The molecule has 1 aliphatic heterocycles. The van der Waals surface area contributed by atoms with Gasteiger partial charge >= 0.3 is 0 Å². The van der Waals surface area contributed by atoms with Crippen LogP contribution in [0.25, 0.3) is 0 Å². The van der Waals surface area contributed by atoms with Crippen LogP contribution in [0, 0.1) is 17.8 Å². The lowest BCUT2D eigenvalue weighted by Crippen LogP contribution is -2.29. The largest absolute Gasteiger partial charge is 0.381 e. The first-order chi connectivity index (χ1) is 7.40. The number of hydrogen-bond acceptors (Lipinski definition) is 2. The van der Waals surface area contributed by atoms with Crippen molar-refractivity contribution in [2.45, 2.75) is 44.9 Å². The van der Waals surface area contributed by atoms with Gasteiger partial charge in [0.05, 0.1) is 0 Å². The molecular formula is C13H25NO. The van der Waals surface area contributed by atoms with Crippen LogP contribution < -0.4 is 5.73 Å². The Morgan fingerprint density at radius 3 is 2.27 bits per heavy atom. The second-order valence-corrected chi connectivity index (χ2v) is 5.33. The van der Waals surface area contributed by atoms with Gasteiger partial charge in [-0.1, -0.05) is 19.3 Å². The third-order valence-electron chi connectivity index (χ3n) is 4.35. The maximum Gasteiger partial charge on any atom is 0.0468 e. The third-order valence-corrected chi connectivity index (χ3v) is 4.35. The van der Waals surface area contributed by atoms with Crippen LogP contribution in [0.5, 0.6) is 0 Å². The first kappa shape index (κ1) is 11.4. The second kappa shape index (κ2) is 5.86. The highest BCUT2D eigenvalue weighted by molar-refractivity contribution is 4.79. The van der Waals surface area contributed by atoms with Crippen molar-refractivity contribution >= 4 is 0 Å². The molecule has 0 amide bonds. The molecule has 2 atom stereocenters. The molecule has 0 aromatic carbocycles. The molecule has 2 heteroatoms. The van der Waals surface area contributed by atoms with Gasteiger partial charge in [-0.3, -0.25) is 0 Å². The minimum atomic E-state index is 0.821. The zero-order valence-corrected chi connectivity index (χ0v) is 9.79. The van der Waals surface area contributed by atoms with Gasteiger partial charge in [-0.15, -0.1) is 0 Å². The smallest absolute Gasteiger partial charge is 0.0468 e.